The molecule has 1 amide bonds. The number of rotatable bonds is 5. The van der Waals surface area contributed by atoms with Gasteiger partial charge in [0.25, 0.3) is 5.91 Å². The predicted octanol–water partition coefficient (Wildman–Crippen LogP) is 0.789. The van der Waals surface area contributed by atoms with E-state index in [1.165, 1.54) is 11.3 Å². The standard InChI is InChI=1S/C11H15N5OS/c1-8(12)11-15-9(7-18-11)10(17)13-4-6-16-5-2-3-14-16/h2-3,5,7-8H,4,6,12H2,1H3,(H,13,17). The van der Waals surface area contributed by atoms with Crippen molar-refractivity contribution in [2.45, 2.75) is 19.5 Å². The minimum Gasteiger partial charge on any atom is -0.349 e. The molecule has 0 saturated heterocycles. The quantitative estimate of drug-likeness (QED) is 0.837. The van der Waals surface area contributed by atoms with Crippen molar-refractivity contribution in [3.8, 4) is 0 Å². The Morgan fingerprint density at radius 2 is 2.50 bits per heavy atom. The number of nitrogens with one attached hydrogen (secondary N) is 1. The van der Waals surface area contributed by atoms with E-state index in [2.05, 4.69) is 15.4 Å². The summed E-state index contributed by atoms with van der Waals surface area (Å²) in [6.07, 6.45) is 3.56. The third kappa shape index (κ3) is 3.14. The van der Waals surface area contributed by atoms with Gasteiger partial charge in [0.15, 0.2) is 0 Å². The number of carbonyl (C=O) groups is 1. The minimum atomic E-state index is -0.176. The molecule has 6 nitrogen and oxygen atoms in total. The van der Waals surface area contributed by atoms with E-state index in [1.807, 2.05) is 19.2 Å². The van der Waals surface area contributed by atoms with Crippen molar-refractivity contribution in [3.05, 3.63) is 34.5 Å². The van der Waals surface area contributed by atoms with Crippen LogP contribution in [-0.4, -0.2) is 27.2 Å². The molecule has 18 heavy (non-hydrogen) atoms. The average molecular weight is 265 g/mol. The highest BCUT2D eigenvalue weighted by molar-refractivity contribution is 7.09. The highest BCUT2D eigenvalue weighted by Gasteiger charge is 2.11. The zero-order chi connectivity index (χ0) is 13.0. The Balaban J connectivity index is 1.83. The maximum atomic E-state index is 11.8. The van der Waals surface area contributed by atoms with Gasteiger partial charge in [-0.1, -0.05) is 0 Å². The molecule has 0 aliphatic rings. The van der Waals surface area contributed by atoms with E-state index in [4.69, 9.17) is 5.73 Å². The first kappa shape index (κ1) is 12.7. The monoisotopic (exact) mass is 265 g/mol. The number of amides is 1. The van der Waals surface area contributed by atoms with Crippen LogP contribution in [0.15, 0.2) is 23.8 Å². The molecule has 0 aromatic carbocycles. The highest BCUT2D eigenvalue weighted by atomic mass is 32.1. The predicted molar refractivity (Wildman–Crippen MR) is 69.3 cm³/mol. The van der Waals surface area contributed by atoms with E-state index in [-0.39, 0.29) is 11.9 Å². The second-order valence-corrected chi connectivity index (χ2v) is 4.77. The van der Waals surface area contributed by atoms with Crippen molar-refractivity contribution in [2.24, 2.45) is 5.73 Å². The van der Waals surface area contributed by atoms with Gasteiger partial charge in [-0.05, 0) is 13.0 Å². The summed E-state index contributed by atoms with van der Waals surface area (Å²) in [5.41, 5.74) is 6.12. The van der Waals surface area contributed by atoms with Gasteiger partial charge in [0.2, 0.25) is 0 Å². The number of thiazole rings is 1. The topological polar surface area (TPSA) is 85.8 Å². The maximum absolute atomic E-state index is 11.8. The summed E-state index contributed by atoms with van der Waals surface area (Å²) in [6, 6.07) is 1.71. The Morgan fingerprint density at radius 1 is 1.67 bits per heavy atom. The number of hydrogen-bond donors (Lipinski definition) is 2. The van der Waals surface area contributed by atoms with Gasteiger partial charge < -0.3 is 11.1 Å². The number of aromatic nitrogens is 3. The molecule has 7 heteroatoms. The van der Waals surface area contributed by atoms with Crippen LogP contribution in [0.1, 0.15) is 28.5 Å². The molecule has 3 N–H and O–H groups in total. The molecule has 2 heterocycles. The van der Waals surface area contributed by atoms with Crippen molar-refractivity contribution >= 4 is 17.2 Å². The normalized spacial score (nSPS) is 12.3. The highest BCUT2D eigenvalue weighted by Crippen LogP contribution is 2.15. The molecule has 0 fully saturated rings. The van der Waals surface area contributed by atoms with Crippen molar-refractivity contribution < 1.29 is 4.79 Å². The molecule has 0 bridgehead atoms. The fourth-order valence-electron chi connectivity index (χ4n) is 1.41. The SMILES string of the molecule is CC(N)c1nc(C(=O)NCCn2cccn2)cs1. The summed E-state index contributed by atoms with van der Waals surface area (Å²) in [6.45, 7) is 3.01. The van der Waals surface area contributed by atoms with Crippen LogP contribution in [0.4, 0.5) is 0 Å². The summed E-state index contributed by atoms with van der Waals surface area (Å²) < 4.78 is 1.76. The molecule has 0 saturated carbocycles. The first-order chi connectivity index (χ1) is 8.66. The summed E-state index contributed by atoms with van der Waals surface area (Å²) in [5, 5.41) is 9.34. The Labute approximate surface area is 109 Å². The summed E-state index contributed by atoms with van der Waals surface area (Å²) >= 11 is 1.40. The average Bonchev–Trinajstić information content (AvgIpc) is 2.99. The van der Waals surface area contributed by atoms with Crippen LogP contribution in [-0.2, 0) is 6.54 Å². The van der Waals surface area contributed by atoms with Crippen LogP contribution in [0.3, 0.4) is 0 Å². The molecule has 0 radical (unpaired) electrons. The zero-order valence-corrected chi connectivity index (χ0v) is 10.9. The second kappa shape index (κ2) is 5.74. The second-order valence-electron chi connectivity index (χ2n) is 3.88. The molecule has 0 aliphatic heterocycles. The van der Waals surface area contributed by atoms with E-state index < -0.39 is 0 Å². The Bertz CT molecular complexity index is 505. The maximum Gasteiger partial charge on any atom is 0.270 e. The lowest BCUT2D eigenvalue weighted by Gasteiger charge is -2.03. The largest absolute Gasteiger partial charge is 0.349 e. The lowest BCUT2D eigenvalue weighted by molar-refractivity contribution is 0.0947. The van der Waals surface area contributed by atoms with Crippen molar-refractivity contribution in [3.63, 3.8) is 0 Å². The molecular formula is C11H15N5OS. The number of hydrogen-bond acceptors (Lipinski definition) is 5. The van der Waals surface area contributed by atoms with E-state index in [0.29, 0.717) is 18.8 Å². The van der Waals surface area contributed by atoms with E-state index in [0.717, 1.165) is 5.01 Å². The minimum absolute atomic E-state index is 0.138. The molecule has 96 valence electrons. The van der Waals surface area contributed by atoms with Crippen LogP contribution in [0.2, 0.25) is 0 Å². The fraction of sp³-hybridized carbons (Fsp3) is 0.364. The van der Waals surface area contributed by atoms with Crippen molar-refractivity contribution in [1.29, 1.82) is 0 Å². The van der Waals surface area contributed by atoms with Gasteiger partial charge in [0.1, 0.15) is 10.7 Å². The third-order valence-electron chi connectivity index (χ3n) is 2.33. The smallest absolute Gasteiger partial charge is 0.270 e. The molecule has 1 unspecified atom stereocenters. The molecule has 0 aliphatic carbocycles. The molecule has 1 atom stereocenters. The number of nitrogens with zero attached hydrogens (tertiary/aromatic N) is 3. The van der Waals surface area contributed by atoms with Crippen LogP contribution < -0.4 is 11.1 Å². The molecule has 2 aromatic heterocycles. The van der Waals surface area contributed by atoms with Gasteiger partial charge in [-0.15, -0.1) is 11.3 Å². The third-order valence-corrected chi connectivity index (χ3v) is 3.38. The number of carbonyl (C=O) groups excluding carboxylic acids is 1. The van der Waals surface area contributed by atoms with Gasteiger partial charge in [0, 0.05) is 24.3 Å². The Kier molecular flexibility index (Phi) is 4.06. The lowest BCUT2D eigenvalue weighted by Crippen LogP contribution is -2.27. The van der Waals surface area contributed by atoms with Gasteiger partial charge in [0.05, 0.1) is 12.6 Å². The van der Waals surface area contributed by atoms with E-state index in [9.17, 15) is 4.79 Å². The van der Waals surface area contributed by atoms with Crippen molar-refractivity contribution in [1.82, 2.24) is 20.1 Å². The molecule has 2 aromatic rings. The van der Waals surface area contributed by atoms with Crippen LogP contribution >= 0.6 is 11.3 Å². The van der Waals surface area contributed by atoms with E-state index >= 15 is 0 Å². The van der Waals surface area contributed by atoms with Gasteiger partial charge >= 0.3 is 0 Å². The van der Waals surface area contributed by atoms with Gasteiger partial charge in [-0.25, -0.2) is 4.98 Å². The number of nitrogens with two attached hydrogens (primary N) is 1. The summed E-state index contributed by atoms with van der Waals surface area (Å²) in [5.74, 6) is -0.176. The van der Waals surface area contributed by atoms with Crippen LogP contribution in [0, 0.1) is 0 Å². The van der Waals surface area contributed by atoms with Crippen molar-refractivity contribution in [2.75, 3.05) is 6.54 Å². The first-order valence-corrected chi connectivity index (χ1v) is 6.51. The van der Waals surface area contributed by atoms with Gasteiger partial charge in [-0.3, -0.25) is 9.48 Å². The van der Waals surface area contributed by atoms with Gasteiger partial charge in [-0.2, -0.15) is 5.10 Å². The summed E-state index contributed by atoms with van der Waals surface area (Å²) in [7, 11) is 0. The Hall–Kier alpha value is -1.73. The molecule has 0 spiro atoms. The van der Waals surface area contributed by atoms with Crippen LogP contribution in [0.5, 0.6) is 0 Å². The lowest BCUT2D eigenvalue weighted by atomic mass is 10.4. The van der Waals surface area contributed by atoms with Crippen LogP contribution in [0.25, 0.3) is 0 Å². The first-order valence-electron chi connectivity index (χ1n) is 5.63. The Morgan fingerprint density at radius 3 is 3.11 bits per heavy atom. The van der Waals surface area contributed by atoms with E-state index in [1.54, 1.807) is 16.3 Å². The molecule has 2 rings (SSSR count). The zero-order valence-electron chi connectivity index (χ0n) is 10.0. The summed E-state index contributed by atoms with van der Waals surface area (Å²) in [4.78, 5) is 16.0. The molecular weight excluding hydrogens is 250 g/mol. The fourth-order valence-corrected chi connectivity index (χ4v) is 2.17.